The molecule has 2 aromatic heterocycles. The first-order valence-electron chi connectivity index (χ1n) is 8.38. The number of alkyl halides is 2. The van der Waals surface area contributed by atoms with Gasteiger partial charge in [-0.1, -0.05) is 0 Å². The molecular formula is C16H22F2N6O. The van der Waals surface area contributed by atoms with Gasteiger partial charge >= 0.3 is 0 Å². The van der Waals surface area contributed by atoms with Crippen LogP contribution >= 0.6 is 0 Å². The second kappa shape index (κ2) is 8.19. The van der Waals surface area contributed by atoms with Gasteiger partial charge in [-0.2, -0.15) is 10.1 Å². The maximum Gasteiger partial charge on any atom is 0.257 e. The molecule has 0 atom stereocenters. The molecule has 0 aliphatic heterocycles. The van der Waals surface area contributed by atoms with E-state index < -0.39 is 13.0 Å². The van der Waals surface area contributed by atoms with E-state index in [9.17, 15) is 8.78 Å². The molecule has 3 rings (SSSR count). The number of rotatable bonds is 7. The third-order valence-electron chi connectivity index (χ3n) is 4.19. The van der Waals surface area contributed by atoms with Gasteiger partial charge in [-0.25, -0.2) is 13.8 Å². The summed E-state index contributed by atoms with van der Waals surface area (Å²) in [6.07, 6.45) is 4.81. The Kier molecular flexibility index (Phi) is 5.75. The molecule has 0 unspecified atom stereocenters. The molecule has 0 bridgehead atoms. The minimum Gasteiger partial charge on any atom is -0.477 e. The quantitative estimate of drug-likeness (QED) is 0.796. The number of nitrogens with one attached hydrogen (secondary N) is 1. The summed E-state index contributed by atoms with van der Waals surface area (Å²) < 4.78 is 31.6. The zero-order valence-corrected chi connectivity index (χ0v) is 13.8. The van der Waals surface area contributed by atoms with Crippen LogP contribution in [-0.4, -0.2) is 38.8 Å². The van der Waals surface area contributed by atoms with Crippen LogP contribution in [0.15, 0.2) is 24.5 Å². The fraction of sp³-hybridized carbons (Fsp3) is 0.562. The first-order valence-corrected chi connectivity index (χ1v) is 8.38. The third kappa shape index (κ3) is 5.35. The highest BCUT2D eigenvalue weighted by molar-refractivity contribution is 5.46. The van der Waals surface area contributed by atoms with E-state index in [2.05, 4.69) is 20.4 Å². The summed E-state index contributed by atoms with van der Waals surface area (Å²) in [5.41, 5.74) is 5.91. The van der Waals surface area contributed by atoms with Crippen LogP contribution in [0.25, 0.3) is 0 Å². The number of nitrogens with two attached hydrogens (primary N) is 1. The Morgan fingerprint density at radius 2 is 2.08 bits per heavy atom. The van der Waals surface area contributed by atoms with E-state index in [0.717, 1.165) is 25.7 Å². The molecule has 0 amide bonds. The lowest BCUT2D eigenvalue weighted by Crippen LogP contribution is -2.28. The van der Waals surface area contributed by atoms with E-state index in [1.807, 2.05) is 0 Å². The molecule has 0 spiro atoms. The van der Waals surface area contributed by atoms with Gasteiger partial charge in [-0.15, -0.1) is 0 Å². The van der Waals surface area contributed by atoms with Crippen LogP contribution in [0.3, 0.4) is 0 Å². The monoisotopic (exact) mass is 352 g/mol. The van der Waals surface area contributed by atoms with Gasteiger partial charge in [0, 0.05) is 30.6 Å². The summed E-state index contributed by atoms with van der Waals surface area (Å²) in [6.45, 7) is 0.156. The second-order valence-electron chi connectivity index (χ2n) is 6.25. The largest absolute Gasteiger partial charge is 0.477 e. The number of hydrogen-bond acceptors (Lipinski definition) is 6. The SMILES string of the molecule is NC1CCC(COc2ccnc(Nc3ccn(CC(F)F)n3)n2)CC1. The van der Waals surface area contributed by atoms with Gasteiger partial charge in [0.15, 0.2) is 5.82 Å². The third-order valence-corrected chi connectivity index (χ3v) is 4.19. The molecule has 2 heterocycles. The van der Waals surface area contributed by atoms with E-state index >= 15 is 0 Å². The van der Waals surface area contributed by atoms with Gasteiger partial charge in [0.2, 0.25) is 11.8 Å². The molecule has 1 saturated carbocycles. The van der Waals surface area contributed by atoms with Gasteiger partial charge in [-0.05, 0) is 31.6 Å². The van der Waals surface area contributed by atoms with Crippen molar-refractivity contribution in [3.8, 4) is 5.88 Å². The Morgan fingerprint density at radius 1 is 1.28 bits per heavy atom. The van der Waals surface area contributed by atoms with Crippen molar-refractivity contribution in [3.05, 3.63) is 24.5 Å². The van der Waals surface area contributed by atoms with Crippen LogP contribution in [0.2, 0.25) is 0 Å². The summed E-state index contributed by atoms with van der Waals surface area (Å²) in [5, 5.41) is 6.88. The predicted octanol–water partition coefficient (Wildman–Crippen LogP) is 2.58. The van der Waals surface area contributed by atoms with Crippen LogP contribution in [0.4, 0.5) is 20.5 Å². The maximum atomic E-state index is 12.3. The molecule has 25 heavy (non-hydrogen) atoms. The van der Waals surface area contributed by atoms with Crippen molar-refractivity contribution in [1.29, 1.82) is 0 Å². The van der Waals surface area contributed by atoms with Crippen molar-refractivity contribution in [2.75, 3.05) is 11.9 Å². The predicted molar refractivity (Wildman–Crippen MR) is 89.0 cm³/mol. The Balaban J connectivity index is 1.53. The summed E-state index contributed by atoms with van der Waals surface area (Å²) in [4.78, 5) is 8.36. The lowest BCUT2D eigenvalue weighted by Gasteiger charge is -2.25. The minimum absolute atomic E-state index is 0.311. The fourth-order valence-electron chi connectivity index (χ4n) is 2.83. The van der Waals surface area contributed by atoms with Crippen LogP contribution in [0, 0.1) is 5.92 Å². The minimum atomic E-state index is -2.45. The Labute approximate surface area is 144 Å². The van der Waals surface area contributed by atoms with Gasteiger partial charge in [0.05, 0.1) is 6.61 Å². The first kappa shape index (κ1) is 17.5. The highest BCUT2D eigenvalue weighted by Gasteiger charge is 2.19. The Hall–Kier alpha value is -2.29. The number of hydrogen-bond donors (Lipinski definition) is 2. The summed E-state index contributed by atoms with van der Waals surface area (Å²) >= 11 is 0. The van der Waals surface area contributed by atoms with Crippen molar-refractivity contribution in [1.82, 2.24) is 19.7 Å². The molecule has 7 nitrogen and oxygen atoms in total. The van der Waals surface area contributed by atoms with E-state index in [0.29, 0.717) is 36.2 Å². The summed E-state index contributed by atoms with van der Waals surface area (Å²) in [5.74, 6) is 1.68. The maximum absolute atomic E-state index is 12.3. The average molecular weight is 352 g/mol. The van der Waals surface area contributed by atoms with Crippen molar-refractivity contribution >= 4 is 11.8 Å². The molecule has 0 aromatic carbocycles. The molecular weight excluding hydrogens is 330 g/mol. The molecule has 1 aliphatic rings. The van der Waals surface area contributed by atoms with E-state index in [1.54, 1.807) is 18.3 Å². The Morgan fingerprint density at radius 3 is 2.84 bits per heavy atom. The van der Waals surface area contributed by atoms with E-state index in [4.69, 9.17) is 10.5 Å². The van der Waals surface area contributed by atoms with Crippen molar-refractivity contribution in [2.24, 2.45) is 11.7 Å². The number of aromatic nitrogens is 4. The first-order chi connectivity index (χ1) is 12.1. The lowest BCUT2D eigenvalue weighted by molar-refractivity contribution is 0.122. The van der Waals surface area contributed by atoms with Gasteiger partial charge in [-0.3, -0.25) is 4.68 Å². The van der Waals surface area contributed by atoms with Gasteiger partial charge in [0.1, 0.15) is 6.54 Å². The van der Waals surface area contributed by atoms with Crippen molar-refractivity contribution in [3.63, 3.8) is 0 Å². The smallest absolute Gasteiger partial charge is 0.257 e. The number of nitrogens with zero attached hydrogens (tertiary/aromatic N) is 4. The highest BCUT2D eigenvalue weighted by atomic mass is 19.3. The van der Waals surface area contributed by atoms with Crippen LogP contribution in [0.5, 0.6) is 5.88 Å². The molecule has 1 aliphatic carbocycles. The van der Waals surface area contributed by atoms with E-state index in [-0.39, 0.29) is 0 Å². The summed E-state index contributed by atoms with van der Waals surface area (Å²) in [6, 6.07) is 3.59. The van der Waals surface area contributed by atoms with Gasteiger partial charge in [0.25, 0.3) is 6.43 Å². The normalized spacial score (nSPS) is 20.6. The Bertz CT molecular complexity index is 672. The van der Waals surface area contributed by atoms with Crippen molar-refractivity contribution in [2.45, 2.75) is 44.7 Å². The number of ether oxygens (including phenoxy) is 1. The second-order valence-corrected chi connectivity index (χ2v) is 6.25. The van der Waals surface area contributed by atoms with Crippen LogP contribution in [0.1, 0.15) is 25.7 Å². The fourth-order valence-corrected chi connectivity index (χ4v) is 2.83. The lowest BCUT2D eigenvalue weighted by atomic mass is 9.87. The molecule has 0 saturated heterocycles. The zero-order valence-electron chi connectivity index (χ0n) is 13.8. The summed E-state index contributed by atoms with van der Waals surface area (Å²) in [7, 11) is 0. The number of halogens is 2. The topological polar surface area (TPSA) is 90.9 Å². The van der Waals surface area contributed by atoms with Gasteiger partial charge < -0.3 is 15.8 Å². The van der Waals surface area contributed by atoms with E-state index in [1.165, 1.54) is 10.9 Å². The van der Waals surface area contributed by atoms with Crippen LogP contribution in [-0.2, 0) is 6.54 Å². The number of anilines is 2. The van der Waals surface area contributed by atoms with Crippen LogP contribution < -0.4 is 15.8 Å². The zero-order chi connectivity index (χ0) is 17.6. The highest BCUT2D eigenvalue weighted by Crippen LogP contribution is 2.24. The molecule has 136 valence electrons. The standard InChI is InChI=1S/C16H22F2N6O/c17-13(18)9-24-8-6-14(23-24)21-16-20-7-5-15(22-16)25-10-11-1-3-12(19)4-2-11/h5-8,11-13H,1-4,9-10,19H2,(H,20,21,22,23). The molecule has 3 N–H and O–H groups in total. The average Bonchev–Trinajstić information content (AvgIpc) is 3.01. The molecule has 2 aromatic rings. The van der Waals surface area contributed by atoms with Crippen molar-refractivity contribution < 1.29 is 13.5 Å². The molecule has 9 heteroatoms. The molecule has 1 fully saturated rings. The molecule has 0 radical (unpaired) electrons.